The molecule has 0 aliphatic heterocycles. The van der Waals surface area contributed by atoms with Crippen LogP contribution in [0.2, 0.25) is 0 Å². The number of aromatic nitrogens is 3. The number of benzene rings is 1. The van der Waals surface area contributed by atoms with Crippen LogP contribution in [0.25, 0.3) is 15.9 Å². The Balaban J connectivity index is 0.000000241. The lowest BCUT2D eigenvalue weighted by molar-refractivity contribution is 0.854. The maximum atomic E-state index is 4.28. The maximum Gasteiger partial charge on any atom is 0.136 e. The predicted octanol–water partition coefficient (Wildman–Crippen LogP) is 7.15. The lowest BCUT2D eigenvalue weighted by Crippen LogP contribution is -1.91. The number of thiazole rings is 1. The van der Waals surface area contributed by atoms with Crippen LogP contribution in [0.15, 0.2) is 54.4 Å². The Morgan fingerprint density at radius 1 is 0.885 bits per heavy atom. The largest absolute Gasteiger partial charge is 0.307 e. The summed E-state index contributed by atoms with van der Waals surface area (Å²) in [5, 5.41) is 0. The van der Waals surface area contributed by atoms with Gasteiger partial charge in [-0.15, -0.1) is 11.3 Å². The second-order valence-electron chi connectivity index (χ2n) is 6.54. The molecule has 0 N–H and O–H groups in total. The van der Waals surface area contributed by atoms with Crippen LogP contribution >= 0.6 is 11.3 Å². The van der Waals surface area contributed by atoms with E-state index in [1.54, 1.807) is 11.3 Å². The highest BCUT2D eigenvalue weighted by molar-refractivity contribution is 7.16. The Morgan fingerprint density at radius 2 is 1.58 bits per heavy atom. The summed E-state index contributed by atoms with van der Waals surface area (Å²) in [6.07, 6.45) is 5.92. The molecule has 3 nitrogen and oxygen atoms in total. The Hall–Kier alpha value is -2.20. The second-order valence-corrected chi connectivity index (χ2v) is 7.43. The van der Waals surface area contributed by atoms with Crippen molar-refractivity contribution in [2.24, 2.45) is 0 Å². The summed E-state index contributed by atoms with van der Waals surface area (Å²) in [6.45, 7) is 8.79. The predicted molar refractivity (Wildman–Crippen MR) is 116 cm³/mol. The van der Waals surface area contributed by atoms with Crippen LogP contribution in [0, 0.1) is 0 Å². The standard InChI is InChI=1S/C10H12N2.C10H11NS.2CH4/c1-8(2)9-3-4-10-11-5-6-12(10)7-9;1-7(2)8-3-4-10-9(5-8)11-6-12-10;;/h3-8H,1-2H3;3-7H,1-2H3;2*1H4. The number of pyridine rings is 1. The number of hydrogen-bond acceptors (Lipinski definition) is 3. The highest BCUT2D eigenvalue weighted by Gasteiger charge is 2.01. The van der Waals surface area contributed by atoms with Gasteiger partial charge in [0.15, 0.2) is 0 Å². The summed E-state index contributed by atoms with van der Waals surface area (Å²) >= 11 is 1.70. The van der Waals surface area contributed by atoms with Crippen molar-refractivity contribution in [2.75, 3.05) is 0 Å². The third-order valence-corrected chi connectivity index (χ3v) is 4.91. The minimum Gasteiger partial charge on any atom is -0.307 e. The molecular weight excluding hydrogens is 338 g/mol. The minimum atomic E-state index is 0. The van der Waals surface area contributed by atoms with Gasteiger partial charge in [-0.05, 0) is 41.2 Å². The first-order valence-electron chi connectivity index (χ1n) is 8.30. The summed E-state index contributed by atoms with van der Waals surface area (Å²) < 4.78 is 3.33. The monoisotopic (exact) mass is 369 g/mol. The normalized spacial score (nSPS) is 10.4. The van der Waals surface area contributed by atoms with Crippen molar-refractivity contribution in [1.29, 1.82) is 0 Å². The Bertz CT molecular complexity index is 857. The van der Waals surface area contributed by atoms with Gasteiger partial charge in [0.1, 0.15) is 5.65 Å². The molecule has 140 valence electrons. The van der Waals surface area contributed by atoms with Gasteiger partial charge in [0, 0.05) is 18.6 Å². The van der Waals surface area contributed by atoms with Gasteiger partial charge >= 0.3 is 0 Å². The molecule has 3 heterocycles. The molecule has 4 rings (SSSR count). The van der Waals surface area contributed by atoms with E-state index in [0.717, 1.165) is 11.2 Å². The zero-order chi connectivity index (χ0) is 17.1. The van der Waals surface area contributed by atoms with E-state index < -0.39 is 0 Å². The van der Waals surface area contributed by atoms with Crippen molar-refractivity contribution in [1.82, 2.24) is 14.4 Å². The van der Waals surface area contributed by atoms with E-state index in [4.69, 9.17) is 0 Å². The zero-order valence-corrected chi connectivity index (χ0v) is 15.4. The number of nitrogens with zero attached hydrogens (tertiary/aromatic N) is 3. The molecule has 26 heavy (non-hydrogen) atoms. The van der Waals surface area contributed by atoms with Gasteiger partial charge in [0.2, 0.25) is 0 Å². The first-order valence-corrected chi connectivity index (χ1v) is 9.18. The van der Waals surface area contributed by atoms with Crippen LogP contribution in [-0.2, 0) is 0 Å². The van der Waals surface area contributed by atoms with E-state index in [9.17, 15) is 0 Å². The topological polar surface area (TPSA) is 30.2 Å². The van der Waals surface area contributed by atoms with Crippen LogP contribution in [-0.4, -0.2) is 14.4 Å². The number of imidazole rings is 1. The molecule has 0 radical (unpaired) electrons. The smallest absolute Gasteiger partial charge is 0.136 e. The van der Waals surface area contributed by atoms with Crippen LogP contribution in [0.3, 0.4) is 0 Å². The fourth-order valence-electron chi connectivity index (χ4n) is 2.51. The lowest BCUT2D eigenvalue weighted by atomic mass is 10.0. The summed E-state index contributed by atoms with van der Waals surface area (Å²) in [5.41, 5.74) is 6.76. The Morgan fingerprint density at radius 3 is 2.27 bits per heavy atom. The fourth-order valence-corrected chi connectivity index (χ4v) is 3.17. The van der Waals surface area contributed by atoms with Crippen LogP contribution in [0.5, 0.6) is 0 Å². The average molecular weight is 370 g/mol. The molecule has 0 spiro atoms. The number of hydrogen-bond donors (Lipinski definition) is 0. The van der Waals surface area contributed by atoms with Gasteiger partial charge in [-0.2, -0.15) is 0 Å². The second kappa shape index (κ2) is 9.48. The van der Waals surface area contributed by atoms with Crippen molar-refractivity contribution in [3.05, 3.63) is 65.6 Å². The minimum absolute atomic E-state index is 0. The molecule has 0 amide bonds. The summed E-state index contributed by atoms with van der Waals surface area (Å²) in [6, 6.07) is 10.7. The fraction of sp³-hybridized carbons (Fsp3) is 0.364. The van der Waals surface area contributed by atoms with Crippen LogP contribution < -0.4 is 0 Å². The van der Waals surface area contributed by atoms with Crippen molar-refractivity contribution >= 4 is 27.2 Å². The van der Waals surface area contributed by atoms with E-state index in [2.05, 4.69) is 78.6 Å². The Kier molecular flexibility index (Phi) is 7.97. The van der Waals surface area contributed by atoms with E-state index in [-0.39, 0.29) is 14.9 Å². The summed E-state index contributed by atoms with van der Waals surface area (Å²) in [7, 11) is 0. The van der Waals surface area contributed by atoms with Crippen LogP contribution in [0.4, 0.5) is 0 Å². The molecule has 4 aromatic rings. The summed E-state index contributed by atoms with van der Waals surface area (Å²) in [4.78, 5) is 8.46. The van der Waals surface area contributed by atoms with E-state index in [1.165, 1.54) is 15.8 Å². The van der Waals surface area contributed by atoms with E-state index in [0.29, 0.717) is 11.8 Å². The first kappa shape index (κ1) is 21.8. The molecule has 0 saturated heterocycles. The van der Waals surface area contributed by atoms with Crippen molar-refractivity contribution < 1.29 is 0 Å². The third-order valence-electron chi connectivity index (χ3n) is 4.10. The maximum absolute atomic E-state index is 4.28. The third kappa shape index (κ3) is 4.92. The van der Waals surface area contributed by atoms with Crippen molar-refractivity contribution in [3.8, 4) is 0 Å². The molecule has 0 fully saturated rings. The quantitative estimate of drug-likeness (QED) is 0.375. The van der Waals surface area contributed by atoms with Crippen molar-refractivity contribution in [3.63, 3.8) is 0 Å². The van der Waals surface area contributed by atoms with Gasteiger partial charge in [-0.3, -0.25) is 0 Å². The van der Waals surface area contributed by atoms with Crippen molar-refractivity contribution in [2.45, 2.75) is 54.4 Å². The molecule has 0 atom stereocenters. The number of fused-ring (bicyclic) bond motifs is 2. The summed E-state index contributed by atoms with van der Waals surface area (Å²) in [5.74, 6) is 1.17. The van der Waals surface area contributed by atoms with Gasteiger partial charge in [-0.1, -0.05) is 54.7 Å². The highest BCUT2D eigenvalue weighted by atomic mass is 32.1. The van der Waals surface area contributed by atoms with Crippen LogP contribution in [0.1, 0.15) is 65.5 Å². The van der Waals surface area contributed by atoms with Gasteiger partial charge in [0.05, 0.1) is 15.7 Å². The molecule has 0 aliphatic rings. The molecule has 0 saturated carbocycles. The molecule has 0 unspecified atom stereocenters. The molecule has 0 aliphatic carbocycles. The SMILES string of the molecule is C.C.CC(C)c1ccc2nccn2c1.CC(C)c1ccc2scnc2c1. The highest BCUT2D eigenvalue weighted by Crippen LogP contribution is 2.22. The lowest BCUT2D eigenvalue weighted by Gasteiger charge is -2.04. The Labute approximate surface area is 161 Å². The van der Waals surface area contributed by atoms with E-state index in [1.807, 2.05) is 17.9 Å². The molecule has 4 heteroatoms. The van der Waals surface area contributed by atoms with E-state index >= 15 is 0 Å². The first-order chi connectivity index (χ1) is 11.5. The molecule has 1 aromatic carbocycles. The van der Waals surface area contributed by atoms with Gasteiger partial charge in [-0.25, -0.2) is 9.97 Å². The zero-order valence-electron chi connectivity index (χ0n) is 14.6. The average Bonchev–Trinajstić information content (AvgIpc) is 3.22. The van der Waals surface area contributed by atoms with Gasteiger partial charge in [0.25, 0.3) is 0 Å². The molecular formula is C22H31N3S. The number of rotatable bonds is 2. The van der Waals surface area contributed by atoms with Gasteiger partial charge < -0.3 is 4.40 Å². The molecule has 3 aromatic heterocycles. The molecule has 0 bridgehead atoms.